The van der Waals surface area contributed by atoms with E-state index in [0.717, 1.165) is 38.5 Å². The van der Waals surface area contributed by atoms with Gasteiger partial charge in [0.15, 0.2) is 23.2 Å². The number of hydrogen-bond donors (Lipinski definition) is 2. The van der Waals surface area contributed by atoms with Crippen LogP contribution in [0.5, 0.6) is 11.5 Å². The maximum atomic E-state index is 13.4. The first-order chi connectivity index (χ1) is 14.1. The summed E-state index contributed by atoms with van der Waals surface area (Å²) < 4.78 is 37.6. The maximum Gasteiger partial charge on any atom is 0.168 e. The quantitative estimate of drug-likeness (QED) is 0.360. The molecule has 2 rings (SSSR count). The van der Waals surface area contributed by atoms with Crippen LogP contribution in [0.15, 0.2) is 53.8 Å². The van der Waals surface area contributed by atoms with Gasteiger partial charge < -0.3 is 19.7 Å². The van der Waals surface area contributed by atoms with Gasteiger partial charge >= 0.3 is 0 Å². The topological polar surface area (TPSA) is 58.9 Å². The SMILES string of the molecule is OC1=C(F)C=C(OCCCCCCCCCCOc2ccc(O)c(F)c2)CC=C1. The van der Waals surface area contributed by atoms with Crippen LogP contribution in [0.4, 0.5) is 8.78 Å². The molecule has 0 aromatic heterocycles. The predicted molar refractivity (Wildman–Crippen MR) is 109 cm³/mol. The summed E-state index contributed by atoms with van der Waals surface area (Å²) in [6, 6.07) is 4.04. The summed E-state index contributed by atoms with van der Waals surface area (Å²) in [4.78, 5) is 0. The van der Waals surface area contributed by atoms with Gasteiger partial charge in [-0.1, -0.05) is 44.6 Å². The first-order valence-electron chi connectivity index (χ1n) is 10.3. The van der Waals surface area contributed by atoms with Crippen LogP contribution in [-0.2, 0) is 4.74 Å². The van der Waals surface area contributed by atoms with E-state index in [0.29, 0.717) is 31.1 Å². The number of benzene rings is 1. The van der Waals surface area contributed by atoms with E-state index in [2.05, 4.69) is 0 Å². The van der Waals surface area contributed by atoms with Gasteiger partial charge in [0.2, 0.25) is 0 Å². The number of allylic oxidation sites excluding steroid dienone is 4. The first kappa shape index (κ1) is 22.8. The lowest BCUT2D eigenvalue weighted by Crippen LogP contribution is -1.97. The minimum atomic E-state index is -0.668. The molecule has 160 valence electrons. The second-order valence-corrected chi connectivity index (χ2v) is 7.09. The maximum absolute atomic E-state index is 13.4. The lowest BCUT2D eigenvalue weighted by Gasteiger charge is -2.08. The molecule has 0 saturated heterocycles. The zero-order valence-electron chi connectivity index (χ0n) is 16.7. The third kappa shape index (κ3) is 9.03. The Kier molecular flexibility index (Phi) is 10.1. The molecule has 6 heteroatoms. The van der Waals surface area contributed by atoms with Crippen molar-refractivity contribution in [2.24, 2.45) is 0 Å². The number of aromatic hydroxyl groups is 1. The number of hydrogen-bond acceptors (Lipinski definition) is 4. The number of rotatable bonds is 13. The van der Waals surface area contributed by atoms with Crippen LogP contribution < -0.4 is 4.74 Å². The molecule has 0 spiro atoms. The molecule has 0 unspecified atom stereocenters. The van der Waals surface area contributed by atoms with E-state index in [4.69, 9.17) is 14.6 Å². The van der Waals surface area contributed by atoms with Crippen molar-refractivity contribution in [3.8, 4) is 11.5 Å². The largest absolute Gasteiger partial charge is 0.505 e. The molecule has 2 N–H and O–H groups in total. The standard InChI is InChI=1S/C23H30F2O4/c24-20-16-18(10-9-11-22(20)26)28-14-7-5-3-1-2-4-6-8-15-29-19-12-13-23(27)21(25)17-19/h9,11-13,16-17,26-27H,1-8,10,14-15H2. The zero-order valence-corrected chi connectivity index (χ0v) is 16.7. The van der Waals surface area contributed by atoms with Gasteiger partial charge in [0.25, 0.3) is 0 Å². The van der Waals surface area contributed by atoms with Crippen LogP contribution in [0.1, 0.15) is 57.8 Å². The summed E-state index contributed by atoms with van der Waals surface area (Å²) >= 11 is 0. The Bertz CT molecular complexity index is 726. The van der Waals surface area contributed by atoms with Gasteiger partial charge in [-0.15, -0.1) is 0 Å². The molecule has 0 atom stereocenters. The van der Waals surface area contributed by atoms with Gasteiger partial charge in [-0.2, -0.15) is 0 Å². The third-order valence-corrected chi connectivity index (χ3v) is 4.64. The molecule has 4 nitrogen and oxygen atoms in total. The highest BCUT2D eigenvalue weighted by Gasteiger charge is 2.07. The first-order valence-corrected chi connectivity index (χ1v) is 10.3. The Hall–Kier alpha value is -2.50. The molecule has 1 aliphatic rings. The van der Waals surface area contributed by atoms with Crippen LogP contribution >= 0.6 is 0 Å². The molecule has 1 aromatic carbocycles. The minimum absolute atomic E-state index is 0.357. The van der Waals surface area contributed by atoms with E-state index in [1.54, 1.807) is 12.1 Å². The summed E-state index contributed by atoms with van der Waals surface area (Å²) in [6.45, 7) is 1.10. The molecule has 0 fully saturated rings. The molecule has 0 bridgehead atoms. The van der Waals surface area contributed by atoms with Crippen molar-refractivity contribution in [1.82, 2.24) is 0 Å². The highest BCUT2D eigenvalue weighted by atomic mass is 19.1. The second kappa shape index (κ2) is 12.9. The smallest absolute Gasteiger partial charge is 0.168 e. The van der Waals surface area contributed by atoms with Gasteiger partial charge in [-0.3, -0.25) is 0 Å². The lowest BCUT2D eigenvalue weighted by molar-refractivity contribution is 0.200. The Morgan fingerprint density at radius 2 is 1.45 bits per heavy atom. The van der Waals surface area contributed by atoms with Crippen LogP contribution in [0.3, 0.4) is 0 Å². The van der Waals surface area contributed by atoms with Gasteiger partial charge in [-0.05, 0) is 31.1 Å². The van der Waals surface area contributed by atoms with Crippen LogP contribution in [0.2, 0.25) is 0 Å². The van der Waals surface area contributed by atoms with E-state index >= 15 is 0 Å². The highest BCUT2D eigenvalue weighted by Crippen LogP contribution is 2.21. The fourth-order valence-electron chi connectivity index (χ4n) is 2.98. The van der Waals surface area contributed by atoms with E-state index in [1.165, 1.54) is 37.1 Å². The van der Waals surface area contributed by atoms with Crippen LogP contribution in [-0.4, -0.2) is 23.4 Å². The van der Waals surface area contributed by atoms with E-state index in [1.807, 2.05) is 0 Å². The summed E-state index contributed by atoms with van der Waals surface area (Å²) in [5, 5.41) is 18.4. The molecule has 1 aliphatic carbocycles. The number of unbranched alkanes of at least 4 members (excludes halogenated alkanes) is 7. The number of aliphatic hydroxyl groups excluding tert-OH is 1. The van der Waals surface area contributed by atoms with E-state index < -0.39 is 11.6 Å². The highest BCUT2D eigenvalue weighted by molar-refractivity contribution is 5.32. The molecule has 0 saturated carbocycles. The number of phenolic OH excluding ortho intramolecular Hbond substituents is 1. The molecular weight excluding hydrogens is 378 g/mol. The number of ether oxygens (including phenoxy) is 2. The lowest BCUT2D eigenvalue weighted by atomic mass is 10.1. The summed E-state index contributed by atoms with van der Waals surface area (Å²) in [7, 11) is 0. The van der Waals surface area contributed by atoms with E-state index in [-0.39, 0.29) is 11.5 Å². The molecule has 29 heavy (non-hydrogen) atoms. The van der Waals surface area contributed by atoms with Crippen molar-refractivity contribution in [2.75, 3.05) is 13.2 Å². The van der Waals surface area contributed by atoms with Gasteiger partial charge in [-0.25, -0.2) is 8.78 Å². The third-order valence-electron chi connectivity index (χ3n) is 4.64. The second-order valence-electron chi connectivity index (χ2n) is 7.09. The normalized spacial score (nSPS) is 13.9. The zero-order chi connectivity index (χ0) is 20.9. The van der Waals surface area contributed by atoms with Crippen molar-refractivity contribution in [2.45, 2.75) is 57.8 Å². The Labute approximate surface area is 171 Å². The molecule has 0 aliphatic heterocycles. The average molecular weight is 408 g/mol. The Morgan fingerprint density at radius 3 is 2.10 bits per heavy atom. The average Bonchev–Trinajstić information content (AvgIpc) is 2.86. The van der Waals surface area contributed by atoms with Crippen molar-refractivity contribution in [3.63, 3.8) is 0 Å². The molecular formula is C23H30F2O4. The van der Waals surface area contributed by atoms with Crippen molar-refractivity contribution >= 4 is 0 Å². The molecule has 1 aromatic rings. The van der Waals surface area contributed by atoms with Crippen molar-refractivity contribution < 1.29 is 28.5 Å². The Balaban J connectivity index is 1.40. The predicted octanol–water partition coefficient (Wildman–Crippen LogP) is 6.63. The van der Waals surface area contributed by atoms with Crippen molar-refractivity contribution in [1.29, 1.82) is 0 Å². The van der Waals surface area contributed by atoms with E-state index in [9.17, 15) is 13.9 Å². The van der Waals surface area contributed by atoms with Crippen LogP contribution in [0, 0.1) is 5.82 Å². The monoisotopic (exact) mass is 408 g/mol. The number of phenols is 1. The fraction of sp³-hybridized carbons (Fsp3) is 0.478. The van der Waals surface area contributed by atoms with Crippen molar-refractivity contribution in [3.05, 3.63) is 59.6 Å². The number of halogens is 2. The van der Waals surface area contributed by atoms with Crippen LogP contribution in [0.25, 0.3) is 0 Å². The Morgan fingerprint density at radius 1 is 0.828 bits per heavy atom. The minimum Gasteiger partial charge on any atom is -0.505 e. The molecule has 0 amide bonds. The van der Waals surface area contributed by atoms with Gasteiger partial charge in [0, 0.05) is 18.6 Å². The summed E-state index contributed by atoms with van der Waals surface area (Å²) in [5.41, 5.74) is 0. The summed E-state index contributed by atoms with van der Waals surface area (Å²) in [6.07, 6.45) is 13.4. The summed E-state index contributed by atoms with van der Waals surface area (Å²) in [5.74, 6) is -1.07. The number of aliphatic hydroxyl groups is 1. The van der Waals surface area contributed by atoms with Gasteiger partial charge in [0.05, 0.1) is 13.2 Å². The fourth-order valence-corrected chi connectivity index (χ4v) is 2.98. The molecule has 0 heterocycles. The molecule has 0 radical (unpaired) electrons. The van der Waals surface area contributed by atoms with Gasteiger partial charge in [0.1, 0.15) is 11.5 Å².